The van der Waals surface area contributed by atoms with Crippen molar-refractivity contribution in [2.45, 2.75) is 20.0 Å². The van der Waals surface area contributed by atoms with Gasteiger partial charge in [-0.15, -0.1) is 0 Å². The topological polar surface area (TPSA) is 53.1 Å². The molecule has 1 heterocycles. The molecule has 96 valence electrons. The Morgan fingerprint density at radius 3 is 2.61 bits per heavy atom. The van der Waals surface area contributed by atoms with E-state index in [2.05, 4.69) is 17.2 Å². The van der Waals surface area contributed by atoms with Gasteiger partial charge in [0.2, 0.25) is 5.88 Å². The number of nitrogens with two attached hydrogens (primary N) is 1. The highest BCUT2D eigenvalue weighted by molar-refractivity contribution is 5.27. The molecular weight excluding hydrogens is 226 g/mol. The third-order valence-electron chi connectivity index (χ3n) is 2.87. The van der Waals surface area contributed by atoms with Gasteiger partial charge in [-0.25, -0.2) is 4.68 Å². The van der Waals surface area contributed by atoms with E-state index < -0.39 is 0 Å². The van der Waals surface area contributed by atoms with Crippen LogP contribution in [0.2, 0.25) is 0 Å². The van der Waals surface area contributed by atoms with Crippen LogP contribution in [0.4, 0.5) is 0 Å². The van der Waals surface area contributed by atoms with Gasteiger partial charge in [-0.05, 0) is 31.0 Å². The van der Waals surface area contributed by atoms with Gasteiger partial charge in [-0.2, -0.15) is 5.10 Å². The van der Waals surface area contributed by atoms with E-state index in [9.17, 15) is 0 Å². The SMILES string of the molecule is Cc1cc(OCc2ccccc2CCN)n(C)n1. The molecule has 0 saturated carbocycles. The fraction of sp³-hybridized carbons (Fsp3) is 0.357. The molecule has 0 aliphatic heterocycles. The highest BCUT2D eigenvalue weighted by Crippen LogP contribution is 2.15. The molecular formula is C14H19N3O. The Morgan fingerprint density at radius 2 is 2.00 bits per heavy atom. The van der Waals surface area contributed by atoms with E-state index in [4.69, 9.17) is 10.5 Å². The lowest BCUT2D eigenvalue weighted by Crippen LogP contribution is -2.07. The minimum Gasteiger partial charge on any atom is -0.473 e. The summed E-state index contributed by atoms with van der Waals surface area (Å²) < 4.78 is 7.54. The van der Waals surface area contributed by atoms with Crippen LogP contribution in [0.1, 0.15) is 16.8 Å². The van der Waals surface area contributed by atoms with Gasteiger partial charge in [0, 0.05) is 13.1 Å². The smallest absolute Gasteiger partial charge is 0.212 e. The molecule has 0 fully saturated rings. The molecule has 0 aliphatic rings. The molecule has 0 bridgehead atoms. The Hall–Kier alpha value is -1.81. The Balaban J connectivity index is 2.08. The standard InChI is InChI=1S/C14H19N3O/c1-11-9-14(17(2)16-11)18-10-13-6-4-3-5-12(13)7-8-15/h3-6,9H,7-8,10,15H2,1-2H3. The molecule has 0 aliphatic carbocycles. The first-order chi connectivity index (χ1) is 8.70. The normalized spacial score (nSPS) is 10.6. The highest BCUT2D eigenvalue weighted by Gasteiger charge is 2.05. The monoisotopic (exact) mass is 245 g/mol. The largest absolute Gasteiger partial charge is 0.473 e. The second-order valence-electron chi connectivity index (χ2n) is 4.34. The summed E-state index contributed by atoms with van der Waals surface area (Å²) in [5.74, 6) is 0.787. The summed E-state index contributed by atoms with van der Waals surface area (Å²) in [6.07, 6.45) is 0.879. The number of hydrogen-bond acceptors (Lipinski definition) is 3. The molecule has 0 saturated heterocycles. The first-order valence-corrected chi connectivity index (χ1v) is 6.11. The number of nitrogens with zero attached hydrogens (tertiary/aromatic N) is 2. The third kappa shape index (κ3) is 2.90. The maximum absolute atomic E-state index is 5.79. The first kappa shape index (κ1) is 12.6. The van der Waals surface area contributed by atoms with E-state index in [1.54, 1.807) is 4.68 Å². The summed E-state index contributed by atoms with van der Waals surface area (Å²) >= 11 is 0. The van der Waals surface area contributed by atoms with E-state index in [0.717, 1.165) is 18.0 Å². The summed E-state index contributed by atoms with van der Waals surface area (Å²) in [5, 5.41) is 4.25. The van der Waals surface area contributed by atoms with Crippen molar-refractivity contribution < 1.29 is 4.74 Å². The summed E-state index contributed by atoms with van der Waals surface area (Å²) in [5.41, 5.74) is 9.00. The van der Waals surface area contributed by atoms with E-state index >= 15 is 0 Å². The van der Waals surface area contributed by atoms with Crippen LogP contribution in [0.3, 0.4) is 0 Å². The second kappa shape index (κ2) is 5.69. The fourth-order valence-corrected chi connectivity index (χ4v) is 1.97. The zero-order valence-corrected chi connectivity index (χ0v) is 10.9. The van der Waals surface area contributed by atoms with E-state index in [1.807, 2.05) is 32.2 Å². The van der Waals surface area contributed by atoms with Crippen LogP contribution >= 0.6 is 0 Å². The lowest BCUT2D eigenvalue weighted by Gasteiger charge is -2.10. The summed E-state index contributed by atoms with van der Waals surface area (Å²) in [7, 11) is 1.88. The molecule has 0 unspecified atom stereocenters. The number of rotatable bonds is 5. The molecule has 2 rings (SSSR count). The molecule has 2 N–H and O–H groups in total. The second-order valence-corrected chi connectivity index (χ2v) is 4.34. The van der Waals surface area contributed by atoms with Gasteiger partial charge in [0.25, 0.3) is 0 Å². The molecule has 1 aromatic heterocycles. The average molecular weight is 245 g/mol. The predicted octanol–water partition coefficient (Wildman–Crippen LogP) is 1.81. The quantitative estimate of drug-likeness (QED) is 0.874. The van der Waals surface area contributed by atoms with Crippen molar-refractivity contribution in [2.24, 2.45) is 12.8 Å². The van der Waals surface area contributed by atoms with Crippen LogP contribution in [0.25, 0.3) is 0 Å². The number of hydrogen-bond donors (Lipinski definition) is 1. The number of aromatic nitrogens is 2. The molecule has 2 aromatic rings. The third-order valence-corrected chi connectivity index (χ3v) is 2.87. The van der Waals surface area contributed by atoms with Crippen molar-refractivity contribution in [1.82, 2.24) is 9.78 Å². The molecule has 4 heteroatoms. The minimum atomic E-state index is 0.551. The van der Waals surface area contributed by atoms with Crippen molar-refractivity contribution in [1.29, 1.82) is 0 Å². The van der Waals surface area contributed by atoms with Crippen LogP contribution in [-0.4, -0.2) is 16.3 Å². The maximum atomic E-state index is 5.79. The maximum Gasteiger partial charge on any atom is 0.212 e. The fourth-order valence-electron chi connectivity index (χ4n) is 1.97. The Kier molecular flexibility index (Phi) is 3.99. The summed E-state index contributed by atoms with van der Waals surface area (Å²) in [6, 6.07) is 10.2. The van der Waals surface area contributed by atoms with Crippen LogP contribution in [-0.2, 0) is 20.1 Å². The highest BCUT2D eigenvalue weighted by atomic mass is 16.5. The first-order valence-electron chi connectivity index (χ1n) is 6.11. The molecule has 0 amide bonds. The van der Waals surface area contributed by atoms with Gasteiger partial charge < -0.3 is 10.5 Å². The number of benzene rings is 1. The van der Waals surface area contributed by atoms with Gasteiger partial charge in [0.1, 0.15) is 6.61 Å². The van der Waals surface area contributed by atoms with Gasteiger partial charge in [0.15, 0.2) is 0 Å². The number of ether oxygens (including phenoxy) is 1. The molecule has 0 spiro atoms. The van der Waals surface area contributed by atoms with E-state index in [1.165, 1.54) is 11.1 Å². The summed E-state index contributed by atoms with van der Waals surface area (Å²) in [6.45, 7) is 3.16. The Bertz CT molecular complexity index is 520. The van der Waals surface area contributed by atoms with Gasteiger partial charge >= 0.3 is 0 Å². The van der Waals surface area contributed by atoms with Crippen LogP contribution in [0.5, 0.6) is 5.88 Å². The minimum absolute atomic E-state index is 0.551. The Labute approximate surface area is 107 Å². The Morgan fingerprint density at radius 1 is 1.28 bits per heavy atom. The van der Waals surface area contributed by atoms with Crippen LogP contribution < -0.4 is 10.5 Å². The molecule has 0 atom stereocenters. The number of aryl methyl sites for hydroxylation is 2. The van der Waals surface area contributed by atoms with E-state index in [-0.39, 0.29) is 0 Å². The van der Waals surface area contributed by atoms with Gasteiger partial charge in [-0.3, -0.25) is 0 Å². The lowest BCUT2D eigenvalue weighted by atomic mass is 10.1. The van der Waals surface area contributed by atoms with Gasteiger partial charge in [0.05, 0.1) is 5.69 Å². The van der Waals surface area contributed by atoms with Crippen LogP contribution in [0.15, 0.2) is 30.3 Å². The summed E-state index contributed by atoms with van der Waals surface area (Å²) in [4.78, 5) is 0. The predicted molar refractivity (Wildman–Crippen MR) is 71.5 cm³/mol. The average Bonchev–Trinajstić information content (AvgIpc) is 2.67. The van der Waals surface area contributed by atoms with Crippen molar-refractivity contribution in [3.8, 4) is 5.88 Å². The molecule has 0 radical (unpaired) electrons. The van der Waals surface area contributed by atoms with Crippen molar-refractivity contribution in [3.63, 3.8) is 0 Å². The van der Waals surface area contributed by atoms with Crippen LogP contribution in [0, 0.1) is 6.92 Å². The van der Waals surface area contributed by atoms with Crippen molar-refractivity contribution in [3.05, 3.63) is 47.2 Å². The lowest BCUT2D eigenvalue weighted by molar-refractivity contribution is 0.278. The molecule has 18 heavy (non-hydrogen) atoms. The zero-order chi connectivity index (χ0) is 13.0. The van der Waals surface area contributed by atoms with Crippen molar-refractivity contribution >= 4 is 0 Å². The van der Waals surface area contributed by atoms with Crippen molar-refractivity contribution in [2.75, 3.05) is 6.54 Å². The van der Waals surface area contributed by atoms with E-state index in [0.29, 0.717) is 13.2 Å². The molecule has 1 aromatic carbocycles. The molecule has 4 nitrogen and oxygen atoms in total. The van der Waals surface area contributed by atoms with Gasteiger partial charge in [-0.1, -0.05) is 24.3 Å². The zero-order valence-electron chi connectivity index (χ0n) is 10.9.